The molecule has 7 N–H and O–H groups in total. The van der Waals surface area contributed by atoms with Gasteiger partial charge in [0.25, 0.3) is 0 Å². The fourth-order valence-corrected chi connectivity index (χ4v) is 1.15. The van der Waals surface area contributed by atoms with Crippen molar-refractivity contribution in [3.63, 3.8) is 0 Å². The summed E-state index contributed by atoms with van der Waals surface area (Å²) in [5.74, 6) is -2.24. The molecule has 0 spiro atoms. The van der Waals surface area contributed by atoms with Crippen LogP contribution in [0.4, 0.5) is 0 Å². The Kier molecular flexibility index (Phi) is 10.7. The summed E-state index contributed by atoms with van der Waals surface area (Å²) < 4.78 is 0. The van der Waals surface area contributed by atoms with E-state index in [9.17, 15) is 9.59 Å². The van der Waals surface area contributed by atoms with E-state index in [2.05, 4.69) is 10.3 Å². The zero-order chi connectivity index (χ0) is 13.4. The number of carboxylic acids is 2. The molecular formula is C9H18N4O4Sn. The topological polar surface area (TPSA) is 151 Å². The second-order valence-corrected chi connectivity index (χ2v) is 3.57. The fraction of sp³-hybridized carbons (Fsp3) is 0.667. The summed E-state index contributed by atoms with van der Waals surface area (Å²) >= 11 is 0. The van der Waals surface area contributed by atoms with Crippen molar-refractivity contribution in [1.29, 1.82) is 0 Å². The number of guanidine groups is 1. The number of hydrogen-bond donors (Lipinski definition) is 5. The molecule has 102 valence electrons. The third-order valence-electron chi connectivity index (χ3n) is 2.06. The molecule has 4 radical (unpaired) electrons. The van der Waals surface area contributed by atoms with Crippen molar-refractivity contribution < 1.29 is 19.8 Å². The summed E-state index contributed by atoms with van der Waals surface area (Å²) in [4.78, 5) is 25.1. The van der Waals surface area contributed by atoms with E-state index in [1.165, 1.54) is 6.92 Å². The van der Waals surface area contributed by atoms with Crippen molar-refractivity contribution in [3.8, 4) is 0 Å². The third kappa shape index (κ3) is 9.05. The van der Waals surface area contributed by atoms with E-state index >= 15 is 0 Å². The van der Waals surface area contributed by atoms with Gasteiger partial charge in [-0.05, 0) is 19.8 Å². The van der Waals surface area contributed by atoms with Crippen LogP contribution in [0.25, 0.3) is 0 Å². The van der Waals surface area contributed by atoms with Gasteiger partial charge < -0.3 is 21.7 Å². The summed E-state index contributed by atoms with van der Waals surface area (Å²) in [6.45, 7) is 1.70. The molecule has 18 heavy (non-hydrogen) atoms. The van der Waals surface area contributed by atoms with Crippen LogP contribution in [0, 0.1) is 0 Å². The molecule has 0 bridgehead atoms. The average molecular weight is 365 g/mol. The maximum atomic E-state index is 10.8. The predicted molar refractivity (Wildman–Crippen MR) is 67.3 cm³/mol. The minimum atomic E-state index is -1.10. The fourth-order valence-electron chi connectivity index (χ4n) is 1.15. The van der Waals surface area contributed by atoms with Gasteiger partial charge in [-0.15, -0.1) is 0 Å². The first-order valence-corrected chi connectivity index (χ1v) is 5.11. The van der Waals surface area contributed by atoms with Crippen LogP contribution >= 0.6 is 0 Å². The van der Waals surface area contributed by atoms with E-state index < -0.39 is 24.0 Å². The molecule has 0 rings (SSSR count). The van der Waals surface area contributed by atoms with Crippen molar-refractivity contribution in [2.75, 3.05) is 6.54 Å². The van der Waals surface area contributed by atoms with Crippen molar-refractivity contribution >= 4 is 41.8 Å². The molecule has 0 aliphatic carbocycles. The minimum Gasteiger partial charge on any atom is -0.480 e. The molecule has 0 fully saturated rings. The second kappa shape index (κ2) is 9.94. The van der Waals surface area contributed by atoms with Gasteiger partial charge in [0, 0.05) is 30.5 Å². The van der Waals surface area contributed by atoms with E-state index in [1.54, 1.807) is 0 Å². The third-order valence-corrected chi connectivity index (χ3v) is 2.06. The Hall–Kier alpha value is -1.03. The average Bonchev–Trinajstić information content (AvgIpc) is 2.21. The van der Waals surface area contributed by atoms with Gasteiger partial charge >= 0.3 is 11.9 Å². The number of nitrogens with two attached hydrogens (primary N) is 2. The molecule has 0 aromatic heterocycles. The Balaban J connectivity index is 0. The maximum Gasteiger partial charge on any atom is 0.320 e. The molecule has 2 atom stereocenters. The number of aliphatic carboxylic acids is 2. The van der Waals surface area contributed by atoms with Gasteiger partial charge in [-0.1, -0.05) is 0 Å². The zero-order valence-corrected chi connectivity index (χ0v) is 12.9. The van der Waals surface area contributed by atoms with Crippen molar-refractivity contribution in [1.82, 2.24) is 5.32 Å². The Labute approximate surface area is 122 Å². The molecule has 0 aliphatic heterocycles. The Morgan fingerprint density at radius 1 is 1.28 bits per heavy atom. The molecule has 0 aromatic rings. The van der Waals surface area contributed by atoms with Crippen LogP contribution in [0.5, 0.6) is 0 Å². The van der Waals surface area contributed by atoms with Gasteiger partial charge in [0.1, 0.15) is 12.1 Å². The van der Waals surface area contributed by atoms with Gasteiger partial charge in [0.2, 0.25) is 0 Å². The first-order valence-electron chi connectivity index (χ1n) is 5.11. The Morgan fingerprint density at radius 2 is 1.83 bits per heavy atom. The number of nitrogens with zero attached hydrogens (tertiary/aromatic N) is 1. The molecule has 9 heteroatoms. The largest absolute Gasteiger partial charge is 0.480 e. The summed E-state index contributed by atoms with van der Waals surface area (Å²) in [5.41, 5.74) is 10.2. The van der Waals surface area contributed by atoms with Gasteiger partial charge in [0.05, 0.1) is 0 Å². The van der Waals surface area contributed by atoms with Gasteiger partial charge in [0.15, 0.2) is 5.96 Å². The Bertz CT molecular complexity index is 307. The second-order valence-electron chi connectivity index (χ2n) is 3.57. The molecule has 2 unspecified atom stereocenters. The van der Waals surface area contributed by atoms with Crippen LogP contribution in [0.15, 0.2) is 4.99 Å². The van der Waals surface area contributed by atoms with Crippen LogP contribution < -0.4 is 16.8 Å². The first kappa shape index (κ1) is 19.3. The summed E-state index contributed by atoms with van der Waals surface area (Å²) in [6.07, 6.45) is 0.706. The van der Waals surface area contributed by atoms with Gasteiger partial charge in [-0.3, -0.25) is 19.9 Å². The molecule has 0 aliphatic rings. The molecular weight excluding hydrogens is 347 g/mol. The van der Waals surface area contributed by atoms with Crippen LogP contribution in [0.3, 0.4) is 0 Å². The quantitative estimate of drug-likeness (QED) is 0.147. The molecule has 0 aromatic carbocycles. The van der Waals surface area contributed by atoms with E-state index in [4.69, 9.17) is 21.7 Å². The Morgan fingerprint density at radius 3 is 2.22 bits per heavy atom. The normalized spacial score (nSPS) is 12.9. The molecule has 0 saturated heterocycles. The number of carboxylic acid groups (broad SMARTS) is 2. The molecule has 0 amide bonds. The minimum absolute atomic E-state index is 0. The predicted octanol–water partition coefficient (Wildman–Crippen LogP) is -1.82. The van der Waals surface area contributed by atoms with Gasteiger partial charge in [-0.25, -0.2) is 0 Å². The van der Waals surface area contributed by atoms with E-state index in [0.29, 0.717) is 13.0 Å². The smallest absolute Gasteiger partial charge is 0.320 e. The number of carbonyl (C=O) groups is 2. The zero-order valence-electron chi connectivity index (χ0n) is 10.1. The SMILES string of the molecule is CC(NC(CCCN=C(N)N)C(=O)O)C(=O)O.[Sn]. The molecule has 0 saturated carbocycles. The van der Waals surface area contributed by atoms with Crippen LogP contribution in [-0.4, -0.2) is 70.6 Å². The number of hydrogen-bond acceptors (Lipinski definition) is 4. The van der Waals surface area contributed by atoms with E-state index in [-0.39, 0.29) is 36.3 Å². The number of nitrogens with one attached hydrogen (secondary N) is 1. The van der Waals surface area contributed by atoms with Crippen molar-refractivity contribution in [3.05, 3.63) is 0 Å². The number of rotatable bonds is 8. The number of aliphatic imine (C=N–C) groups is 1. The molecule has 0 heterocycles. The van der Waals surface area contributed by atoms with Gasteiger partial charge in [-0.2, -0.15) is 0 Å². The van der Waals surface area contributed by atoms with Crippen LogP contribution in [-0.2, 0) is 9.59 Å². The van der Waals surface area contributed by atoms with E-state index in [0.717, 1.165) is 0 Å². The summed E-state index contributed by atoms with van der Waals surface area (Å²) in [6, 6.07) is -1.84. The van der Waals surface area contributed by atoms with Crippen LogP contribution in [0.1, 0.15) is 19.8 Å². The monoisotopic (exact) mass is 366 g/mol. The summed E-state index contributed by atoms with van der Waals surface area (Å²) in [7, 11) is 0. The maximum absolute atomic E-state index is 10.8. The van der Waals surface area contributed by atoms with Crippen molar-refractivity contribution in [2.24, 2.45) is 16.5 Å². The van der Waals surface area contributed by atoms with Crippen molar-refractivity contribution in [2.45, 2.75) is 31.8 Å². The van der Waals surface area contributed by atoms with E-state index in [1.807, 2.05) is 0 Å². The molecule has 8 nitrogen and oxygen atoms in total. The first-order chi connectivity index (χ1) is 7.84. The standard InChI is InChI=1S/C9H18N4O4.Sn/c1-5(7(14)15)13-6(8(16)17)3-2-4-12-9(10)11;/h5-6,13H,2-4H2,1H3,(H,14,15)(H,16,17)(H4,10,11,12);. The summed E-state index contributed by atoms with van der Waals surface area (Å²) in [5, 5.41) is 20.0. The van der Waals surface area contributed by atoms with Crippen LogP contribution in [0.2, 0.25) is 0 Å².